The van der Waals surface area contributed by atoms with Crippen LogP contribution in [-0.4, -0.2) is 59.1 Å². The van der Waals surface area contributed by atoms with Gasteiger partial charge in [0.15, 0.2) is 11.0 Å². The van der Waals surface area contributed by atoms with Crippen LogP contribution in [0.2, 0.25) is 0 Å². The average Bonchev–Trinajstić information content (AvgIpc) is 3.37. The topological polar surface area (TPSA) is 222 Å². The van der Waals surface area contributed by atoms with Crippen molar-refractivity contribution in [2.75, 3.05) is 6.54 Å². The van der Waals surface area contributed by atoms with Gasteiger partial charge in [-0.15, -0.1) is 11.3 Å². The van der Waals surface area contributed by atoms with Crippen LogP contribution in [0.3, 0.4) is 0 Å². The zero-order chi connectivity index (χ0) is 29.1. The molecule has 0 bridgehead atoms. The number of primary amides is 1. The first-order valence-corrected chi connectivity index (χ1v) is 13.6. The molecule has 13 heteroatoms. The summed E-state index contributed by atoms with van der Waals surface area (Å²) in [7, 11) is 0. The number of carbonyl (C=O) groups excluding carboxylic acids is 4. The number of Topliss-reactive ketones (excluding diaryl/α,β-unsaturated/α-hetero) is 1. The van der Waals surface area contributed by atoms with E-state index in [-0.39, 0.29) is 49.0 Å². The fourth-order valence-corrected chi connectivity index (χ4v) is 4.90. The van der Waals surface area contributed by atoms with Crippen LogP contribution in [0.4, 0.5) is 0 Å². The molecule has 1 heterocycles. The maximum atomic E-state index is 13.6. The van der Waals surface area contributed by atoms with E-state index in [1.807, 2.05) is 54.6 Å². The largest absolute Gasteiger partial charge is 0.370 e. The smallest absolute Gasteiger partial charge is 0.243 e. The van der Waals surface area contributed by atoms with Crippen LogP contribution in [0.5, 0.6) is 0 Å². The first-order chi connectivity index (χ1) is 19.1. The number of nitrogens with two attached hydrogens (primary N) is 4. The first-order valence-electron chi connectivity index (χ1n) is 12.8. The molecule has 3 unspecified atom stereocenters. The molecule has 3 aromatic rings. The molecule has 3 rings (SSSR count). The lowest BCUT2D eigenvalue weighted by Gasteiger charge is -2.24. The highest BCUT2D eigenvalue weighted by Crippen LogP contribution is 2.23. The van der Waals surface area contributed by atoms with E-state index in [9.17, 15) is 19.2 Å². The molecular weight excluding hydrogens is 532 g/mol. The number of thiazole rings is 1. The van der Waals surface area contributed by atoms with Gasteiger partial charge in [-0.1, -0.05) is 42.5 Å². The van der Waals surface area contributed by atoms with Gasteiger partial charge in [0.25, 0.3) is 0 Å². The van der Waals surface area contributed by atoms with Crippen molar-refractivity contribution in [3.8, 4) is 0 Å². The Morgan fingerprint density at radius 3 is 2.23 bits per heavy atom. The molecule has 0 spiro atoms. The van der Waals surface area contributed by atoms with E-state index >= 15 is 0 Å². The molecule has 0 saturated carbocycles. The summed E-state index contributed by atoms with van der Waals surface area (Å²) < 4.78 is 0.843. The van der Waals surface area contributed by atoms with Crippen LogP contribution in [0.25, 0.3) is 10.2 Å². The van der Waals surface area contributed by atoms with Crippen molar-refractivity contribution in [2.45, 2.75) is 50.2 Å². The fourth-order valence-electron chi connectivity index (χ4n) is 3.94. The number of guanidine groups is 1. The molecule has 40 heavy (non-hydrogen) atoms. The predicted octanol–water partition coefficient (Wildman–Crippen LogP) is 0.338. The van der Waals surface area contributed by atoms with E-state index in [0.29, 0.717) is 11.9 Å². The van der Waals surface area contributed by atoms with E-state index < -0.39 is 35.8 Å². The van der Waals surface area contributed by atoms with Crippen molar-refractivity contribution in [2.24, 2.45) is 27.9 Å². The molecule has 0 aliphatic rings. The van der Waals surface area contributed by atoms with Gasteiger partial charge in [-0.3, -0.25) is 24.2 Å². The SMILES string of the molecule is NC(=O)CCC(N)C(=O)NC(Cc1ccccc1)C(=O)NC(CCCN=C(N)N)C(=O)c1nc2ccccc2s1. The summed E-state index contributed by atoms with van der Waals surface area (Å²) in [5.41, 5.74) is 23.4. The van der Waals surface area contributed by atoms with Gasteiger partial charge in [0.1, 0.15) is 6.04 Å². The van der Waals surface area contributed by atoms with Gasteiger partial charge in [-0.25, -0.2) is 4.98 Å². The molecule has 0 saturated heterocycles. The Bertz CT molecular complexity index is 1320. The van der Waals surface area contributed by atoms with Crippen LogP contribution in [-0.2, 0) is 20.8 Å². The summed E-state index contributed by atoms with van der Waals surface area (Å²) in [4.78, 5) is 59.4. The number of aromatic nitrogens is 1. The van der Waals surface area contributed by atoms with Gasteiger partial charge >= 0.3 is 0 Å². The van der Waals surface area contributed by atoms with E-state index in [1.165, 1.54) is 11.3 Å². The van der Waals surface area contributed by atoms with Gasteiger partial charge in [0, 0.05) is 19.4 Å². The number of para-hydroxylation sites is 1. The number of nitrogens with zero attached hydrogens (tertiary/aromatic N) is 2. The summed E-state index contributed by atoms with van der Waals surface area (Å²) >= 11 is 1.23. The summed E-state index contributed by atoms with van der Waals surface area (Å²) in [5, 5.41) is 5.72. The maximum absolute atomic E-state index is 13.6. The first kappa shape index (κ1) is 30.2. The second-order valence-electron chi connectivity index (χ2n) is 9.22. The Kier molecular flexibility index (Phi) is 11.1. The molecule has 12 nitrogen and oxygen atoms in total. The van der Waals surface area contributed by atoms with Gasteiger partial charge in [0.05, 0.1) is 22.3 Å². The van der Waals surface area contributed by atoms with Crippen molar-refractivity contribution in [1.82, 2.24) is 15.6 Å². The molecule has 2 aromatic carbocycles. The number of amides is 3. The number of hydrogen-bond acceptors (Lipinski definition) is 8. The molecule has 10 N–H and O–H groups in total. The Morgan fingerprint density at radius 1 is 0.875 bits per heavy atom. The second kappa shape index (κ2) is 14.7. The van der Waals surface area contributed by atoms with E-state index in [4.69, 9.17) is 22.9 Å². The Hall–Kier alpha value is -4.36. The number of rotatable bonds is 15. The Labute approximate surface area is 235 Å². The van der Waals surface area contributed by atoms with Crippen LogP contribution < -0.4 is 33.6 Å². The molecule has 0 aliphatic heterocycles. The van der Waals surface area contributed by atoms with Crippen molar-refractivity contribution >= 4 is 51.0 Å². The third kappa shape index (κ3) is 9.13. The fraction of sp³-hybridized carbons (Fsp3) is 0.333. The second-order valence-corrected chi connectivity index (χ2v) is 10.3. The standard InChI is InChI=1S/C27H34N8O4S/c28-17(12-13-22(29)36)24(38)34-20(15-16-7-2-1-3-8-16)25(39)33-19(10-6-14-32-27(30)31)23(37)26-35-18-9-4-5-11-21(18)40-26/h1-5,7-9,11,17,19-20H,6,10,12-15,28H2,(H2,29,36)(H,33,39)(H,34,38)(H4,30,31,32). The van der Waals surface area contributed by atoms with Gasteiger partial charge in [-0.05, 0) is 37.0 Å². The van der Waals surface area contributed by atoms with Crippen LogP contribution in [0.15, 0.2) is 59.6 Å². The third-order valence-electron chi connectivity index (χ3n) is 6.04. The molecule has 212 valence electrons. The summed E-state index contributed by atoms with van der Waals surface area (Å²) in [6.07, 6.45) is 0.759. The number of fused-ring (bicyclic) bond motifs is 1. The zero-order valence-electron chi connectivity index (χ0n) is 21.9. The van der Waals surface area contributed by atoms with Gasteiger partial charge < -0.3 is 33.6 Å². The number of benzene rings is 2. The van der Waals surface area contributed by atoms with Gasteiger partial charge in [0.2, 0.25) is 23.5 Å². The minimum absolute atomic E-state index is 0.0321. The summed E-state index contributed by atoms with van der Waals surface area (Å²) in [5.74, 6) is -2.20. The number of nitrogens with one attached hydrogen (secondary N) is 2. The number of aliphatic imine (C=N–C) groups is 1. The molecule has 1 aromatic heterocycles. The highest BCUT2D eigenvalue weighted by atomic mass is 32.1. The monoisotopic (exact) mass is 566 g/mol. The molecule has 0 radical (unpaired) electrons. The molecular formula is C27H34N8O4S. The Morgan fingerprint density at radius 2 is 1.55 bits per heavy atom. The lowest BCUT2D eigenvalue weighted by atomic mass is 10.0. The van der Waals surface area contributed by atoms with Crippen molar-refractivity contribution in [1.29, 1.82) is 0 Å². The highest BCUT2D eigenvalue weighted by molar-refractivity contribution is 7.20. The molecule has 0 aliphatic carbocycles. The van der Waals surface area contributed by atoms with E-state index in [0.717, 1.165) is 10.3 Å². The number of hydrogen-bond donors (Lipinski definition) is 6. The molecule has 0 fully saturated rings. The van der Waals surface area contributed by atoms with Crippen LogP contribution >= 0.6 is 11.3 Å². The van der Waals surface area contributed by atoms with Crippen molar-refractivity contribution in [3.05, 3.63) is 65.2 Å². The minimum atomic E-state index is -1.04. The number of carbonyl (C=O) groups is 4. The Balaban J connectivity index is 1.81. The average molecular weight is 567 g/mol. The zero-order valence-corrected chi connectivity index (χ0v) is 22.7. The predicted molar refractivity (Wildman–Crippen MR) is 154 cm³/mol. The summed E-state index contributed by atoms with van der Waals surface area (Å²) in [6.45, 7) is 0.265. The third-order valence-corrected chi connectivity index (χ3v) is 7.09. The summed E-state index contributed by atoms with van der Waals surface area (Å²) in [6, 6.07) is 13.4. The van der Waals surface area contributed by atoms with Crippen molar-refractivity contribution in [3.63, 3.8) is 0 Å². The highest BCUT2D eigenvalue weighted by Gasteiger charge is 2.30. The van der Waals surface area contributed by atoms with Crippen molar-refractivity contribution < 1.29 is 19.2 Å². The molecule has 3 atom stereocenters. The van der Waals surface area contributed by atoms with Crippen LogP contribution in [0.1, 0.15) is 41.0 Å². The molecule has 3 amide bonds. The normalized spacial score (nSPS) is 13.1. The van der Waals surface area contributed by atoms with Gasteiger partial charge in [-0.2, -0.15) is 0 Å². The lowest BCUT2D eigenvalue weighted by molar-refractivity contribution is -0.130. The van der Waals surface area contributed by atoms with E-state index in [2.05, 4.69) is 20.6 Å². The lowest BCUT2D eigenvalue weighted by Crippen LogP contribution is -2.55. The quantitative estimate of drug-likeness (QED) is 0.0649. The maximum Gasteiger partial charge on any atom is 0.243 e. The van der Waals surface area contributed by atoms with Crippen LogP contribution in [0, 0.1) is 0 Å². The van der Waals surface area contributed by atoms with E-state index in [1.54, 1.807) is 0 Å². The number of ketones is 1. The minimum Gasteiger partial charge on any atom is -0.370 e.